The van der Waals surface area contributed by atoms with E-state index in [1.165, 1.54) is 11.3 Å². The van der Waals surface area contributed by atoms with E-state index in [-0.39, 0.29) is 0 Å². The number of benzene rings is 2. The van der Waals surface area contributed by atoms with Crippen LogP contribution in [-0.4, -0.2) is 26.1 Å². The Bertz CT molecular complexity index is 1110. The fourth-order valence-corrected chi connectivity index (χ4v) is 3.65. The number of hydrogen-bond acceptors (Lipinski definition) is 4. The van der Waals surface area contributed by atoms with E-state index in [2.05, 4.69) is 64.1 Å². The molecule has 5 nitrogen and oxygen atoms in total. The number of rotatable bonds is 2. The van der Waals surface area contributed by atoms with Crippen LogP contribution in [0.1, 0.15) is 17.5 Å². The number of para-hydroxylation sites is 1. The summed E-state index contributed by atoms with van der Waals surface area (Å²) < 4.78 is 1.93. The Kier molecular flexibility index (Phi) is 3.06. The van der Waals surface area contributed by atoms with Gasteiger partial charge in [-0.25, -0.2) is 0 Å². The van der Waals surface area contributed by atoms with Crippen molar-refractivity contribution in [1.82, 2.24) is 19.6 Å². The first-order valence-electron chi connectivity index (χ1n) is 8.46. The van der Waals surface area contributed by atoms with Gasteiger partial charge < -0.3 is 4.90 Å². The minimum Gasteiger partial charge on any atom is -0.325 e. The largest absolute Gasteiger partial charge is 0.325 e. The van der Waals surface area contributed by atoms with E-state index < -0.39 is 0 Å². The topological polar surface area (TPSA) is 46.3 Å². The van der Waals surface area contributed by atoms with Crippen molar-refractivity contribution in [2.75, 3.05) is 11.4 Å². The van der Waals surface area contributed by atoms with Crippen LogP contribution in [0.25, 0.3) is 22.8 Å². The van der Waals surface area contributed by atoms with Gasteiger partial charge in [-0.3, -0.25) is 4.40 Å². The molecule has 0 atom stereocenters. The van der Waals surface area contributed by atoms with Crippen molar-refractivity contribution < 1.29 is 0 Å². The molecule has 0 saturated carbocycles. The maximum absolute atomic E-state index is 4.83. The second-order valence-corrected chi connectivity index (χ2v) is 6.30. The van der Waals surface area contributed by atoms with E-state index in [1.54, 1.807) is 6.33 Å². The second-order valence-electron chi connectivity index (χ2n) is 6.30. The highest BCUT2D eigenvalue weighted by Crippen LogP contribution is 2.36. The van der Waals surface area contributed by atoms with Crippen LogP contribution in [0.15, 0.2) is 55.4 Å². The van der Waals surface area contributed by atoms with E-state index in [4.69, 9.17) is 4.98 Å². The number of anilines is 2. The Morgan fingerprint density at radius 2 is 2.04 bits per heavy atom. The van der Waals surface area contributed by atoms with Crippen molar-refractivity contribution >= 4 is 34.3 Å². The highest BCUT2D eigenvalue weighted by atomic mass is 15.3. The molecule has 0 aliphatic carbocycles. The van der Waals surface area contributed by atoms with Crippen LogP contribution in [-0.2, 0) is 6.42 Å². The quantitative estimate of drug-likeness (QED) is 0.558. The van der Waals surface area contributed by atoms with Gasteiger partial charge in [0.05, 0.1) is 5.52 Å². The molecular formula is C20H17N5. The number of aryl methyl sites for hydroxylation is 1. The van der Waals surface area contributed by atoms with Gasteiger partial charge in [0.2, 0.25) is 0 Å². The third kappa shape index (κ3) is 2.12. The molecule has 25 heavy (non-hydrogen) atoms. The molecule has 1 aliphatic heterocycles. The van der Waals surface area contributed by atoms with Crippen LogP contribution >= 0.6 is 0 Å². The molecule has 0 fully saturated rings. The summed E-state index contributed by atoms with van der Waals surface area (Å²) >= 11 is 0. The predicted octanol–water partition coefficient (Wildman–Crippen LogP) is 4.00. The molecule has 0 spiro atoms. The van der Waals surface area contributed by atoms with Gasteiger partial charge in [0.15, 0.2) is 0 Å². The molecule has 1 aliphatic rings. The zero-order valence-corrected chi connectivity index (χ0v) is 13.8. The molecule has 122 valence electrons. The van der Waals surface area contributed by atoms with Gasteiger partial charge in [-0.2, -0.15) is 4.98 Å². The molecule has 0 amide bonds. The lowest BCUT2D eigenvalue weighted by molar-refractivity contribution is 0.761. The van der Waals surface area contributed by atoms with Gasteiger partial charge >= 0.3 is 0 Å². The Labute approximate surface area is 145 Å². The lowest BCUT2D eigenvalue weighted by atomic mass is 10.0. The maximum Gasteiger partial charge on any atom is 0.257 e. The Morgan fingerprint density at radius 1 is 1.12 bits per heavy atom. The van der Waals surface area contributed by atoms with E-state index in [0.29, 0.717) is 5.78 Å². The van der Waals surface area contributed by atoms with Gasteiger partial charge in [0.25, 0.3) is 5.78 Å². The summed E-state index contributed by atoms with van der Waals surface area (Å²) in [7, 11) is 0. The normalized spacial score (nSPS) is 14.0. The number of fused-ring (bicyclic) bond motifs is 4. The van der Waals surface area contributed by atoms with E-state index >= 15 is 0 Å². The van der Waals surface area contributed by atoms with Crippen LogP contribution in [0.2, 0.25) is 0 Å². The molecule has 0 unspecified atom stereocenters. The Balaban J connectivity index is 1.83. The summed E-state index contributed by atoms with van der Waals surface area (Å²) in [4.78, 5) is 7.14. The summed E-state index contributed by atoms with van der Waals surface area (Å²) in [6.45, 7) is 4.83. The summed E-state index contributed by atoms with van der Waals surface area (Å²) in [6, 6.07) is 14.9. The van der Waals surface area contributed by atoms with Crippen molar-refractivity contribution in [3.8, 4) is 0 Å². The lowest BCUT2D eigenvalue weighted by Crippen LogP contribution is -2.25. The molecule has 0 bridgehead atoms. The Morgan fingerprint density at radius 3 is 2.96 bits per heavy atom. The van der Waals surface area contributed by atoms with Crippen molar-refractivity contribution in [2.45, 2.75) is 12.8 Å². The molecular weight excluding hydrogens is 310 g/mol. The van der Waals surface area contributed by atoms with E-state index in [0.717, 1.165) is 41.7 Å². The zero-order chi connectivity index (χ0) is 16.8. The van der Waals surface area contributed by atoms with Crippen LogP contribution in [0.4, 0.5) is 11.5 Å². The monoisotopic (exact) mass is 327 g/mol. The lowest BCUT2D eigenvalue weighted by Gasteiger charge is -2.31. The number of hydrogen-bond donors (Lipinski definition) is 0. The molecule has 2 aromatic carbocycles. The van der Waals surface area contributed by atoms with Gasteiger partial charge in [0.1, 0.15) is 12.1 Å². The first-order valence-corrected chi connectivity index (χ1v) is 8.46. The minimum atomic E-state index is 0.617. The molecule has 5 heteroatoms. The standard InChI is InChI=1S/C20H17N5/c1-2-14-9-10-16-18(12-14)25-13-21-23-20(25)22-19(16)24-11-5-7-15-6-3-4-8-17(15)24/h2-4,6,8-10,12-13H,1,5,7,11H2. The van der Waals surface area contributed by atoms with Gasteiger partial charge in [-0.1, -0.05) is 36.9 Å². The summed E-state index contributed by atoms with van der Waals surface area (Å²) in [5.74, 6) is 1.56. The molecule has 0 saturated heterocycles. The molecule has 3 heterocycles. The highest BCUT2D eigenvalue weighted by Gasteiger charge is 2.22. The van der Waals surface area contributed by atoms with Crippen LogP contribution in [0.3, 0.4) is 0 Å². The van der Waals surface area contributed by atoms with Gasteiger partial charge in [0, 0.05) is 17.6 Å². The van der Waals surface area contributed by atoms with E-state index in [1.807, 2.05) is 10.5 Å². The fourth-order valence-electron chi connectivity index (χ4n) is 3.65. The second kappa shape index (κ2) is 5.41. The fraction of sp³-hybridized carbons (Fsp3) is 0.150. The van der Waals surface area contributed by atoms with Gasteiger partial charge in [-0.05, 0) is 42.2 Å². The van der Waals surface area contributed by atoms with Crippen molar-refractivity contribution in [1.29, 1.82) is 0 Å². The summed E-state index contributed by atoms with van der Waals surface area (Å²) in [5.41, 5.74) is 4.72. The maximum atomic E-state index is 4.83. The van der Waals surface area contributed by atoms with Crippen LogP contribution in [0, 0.1) is 0 Å². The predicted molar refractivity (Wildman–Crippen MR) is 100 cm³/mol. The molecule has 0 radical (unpaired) electrons. The first-order chi connectivity index (χ1) is 12.3. The number of nitrogens with zero attached hydrogens (tertiary/aromatic N) is 5. The highest BCUT2D eigenvalue weighted by molar-refractivity contribution is 5.95. The molecule has 4 aromatic rings. The molecule has 5 rings (SSSR count). The third-order valence-corrected chi connectivity index (χ3v) is 4.86. The Hall–Kier alpha value is -3.21. The zero-order valence-electron chi connectivity index (χ0n) is 13.8. The molecule has 2 aromatic heterocycles. The average molecular weight is 327 g/mol. The van der Waals surface area contributed by atoms with E-state index in [9.17, 15) is 0 Å². The average Bonchev–Trinajstić information content (AvgIpc) is 3.15. The van der Waals surface area contributed by atoms with Crippen molar-refractivity contribution in [3.05, 3.63) is 66.5 Å². The number of aromatic nitrogens is 4. The summed E-state index contributed by atoms with van der Waals surface area (Å²) in [6.07, 6.45) is 5.79. The van der Waals surface area contributed by atoms with Crippen LogP contribution < -0.4 is 4.90 Å². The van der Waals surface area contributed by atoms with Crippen molar-refractivity contribution in [3.63, 3.8) is 0 Å². The van der Waals surface area contributed by atoms with Gasteiger partial charge in [-0.15, -0.1) is 10.2 Å². The molecule has 0 N–H and O–H groups in total. The third-order valence-electron chi connectivity index (χ3n) is 4.86. The van der Waals surface area contributed by atoms with Crippen LogP contribution in [0.5, 0.6) is 0 Å². The first kappa shape index (κ1) is 14.2. The minimum absolute atomic E-state index is 0.617. The smallest absolute Gasteiger partial charge is 0.257 e. The summed E-state index contributed by atoms with van der Waals surface area (Å²) in [5, 5.41) is 9.32. The SMILES string of the molecule is C=Cc1ccc2c(N3CCCc4ccccc43)nc3nncn3c2c1. The van der Waals surface area contributed by atoms with Crippen molar-refractivity contribution in [2.24, 2.45) is 0 Å².